The maximum absolute atomic E-state index is 12.7. The molecule has 0 radical (unpaired) electrons. The molecular formula is C15H16ClN3O5S. The first-order valence-electron chi connectivity index (χ1n) is 6.95. The summed E-state index contributed by atoms with van der Waals surface area (Å²) in [6.07, 6.45) is 0.847. The second kappa shape index (κ2) is 7.24. The van der Waals surface area contributed by atoms with Crippen molar-refractivity contribution in [3.8, 4) is 11.8 Å². The van der Waals surface area contributed by atoms with E-state index in [9.17, 15) is 13.2 Å². The minimum atomic E-state index is -3.86. The van der Waals surface area contributed by atoms with Crippen LogP contribution in [0.3, 0.4) is 0 Å². The van der Waals surface area contributed by atoms with Crippen LogP contribution in [-0.2, 0) is 19.7 Å². The van der Waals surface area contributed by atoms with Crippen molar-refractivity contribution >= 4 is 27.5 Å². The van der Waals surface area contributed by atoms with Crippen LogP contribution in [0, 0.1) is 0 Å². The molecule has 2 aromatic rings. The number of alkyl halides is 1. The van der Waals surface area contributed by atoms with Crippen LogP contribution in [0.4, 0.5) is 0 Å². The maximum Gasteiger partial charge on any atom is 0.267 e. The minimum Gasteiger partial charge on any atom is -0.481 e. The van der Waals surface area contributed by atoms with Crippen molar-refractivity contribution in [3.63, 3.8) is 0 Å². The van der Waals surface area contributed by atoms with E-state index in [2.05, 4.69) is 9.97 Å². The number of amides is 1. The predicted molar refractivity (Wildman–Crippen MR) is 91.2 cm³/mol. The van der Waals surface area contributed by atoms with Crippen LogP contribution in [0.2, 0.25) is 0 Å². The van der Waals surface area contributed by atoms with Gasteiger partial charge in [0.2, 0.25) is 26.7 Å². The van der Waals surface area contributed by atoms with E-state index in [-0.39, 0.29) is 23.1 Å². The van der Waals surface area contributed by atoms with Crippen molar-refractivity contribution in [2.24, 2.45) is 0 Å². The third kappa shape index (κ3) is 4.18. The van der Waals surface area contributed by atoms with E-state index in [0.29, 0.717) is 0 Å². The van der Waals surface area contributed by atoms with Crippen LogP contribution in [0.1, 0.15) is 11.4 Å². The van der Waals surface area contributed by atoms with Gasteiger partial charge in [0.05, 0.1) is 26.5 Å². The number of halogens is 1. The Morgan fingerprint density at radius 1 is 1.12 bits per heavy atom. The Morgan fingerprint density at radius 3 is 2.08 bits per heavy atom. The van der Waals surface area contributed by atoms with E-state index in [1.807, 2.05) is 4.72 Å². The number of nitrogens with one attached hydrogen (secondary N) is 1. The number of ether oxygens (including phenoxy) is 2. The van der Waals surface area contributed by atoms with E-state index < -0.39 is 20.8 Å². The van der Waals surface area contributed by atoms with Crippen LogP contribution >= 0.6 is 11.6 Å². The van der Waals surface area contributed by atoms with Gasteiger partial charge in [-0.3, -0.25) is 9.52 Å². The lowest BCUT2D eigenvalue weighted by Crippen LogP contribution is -2.44. The first kappa shape index (κ1) is 18.9. The molecule has 25 heavy (non-hydrogen) atoms. The van der Waals surface area contributed by atoms with Crippen molar-refractivity contribution < 1.29 is 22.7 Å². The summed E-state index contributed by atoms with van der Waals surface area (Å²) in [5.74, 6) is -0.985. The van der Waals surface area contributed by atoms with Gasteiger partial charge < -0.3 is 9.47 Å². The molecule has 8 nitrogen and oxygen atoms in total. The van der Waals surface area contributed by atoms with E-state index in [1.165, 1.54) is 20.3 Å². The zero-order valence-corrected chi connectivity index (χ0v) is 15.3. The Morgan fingerprint density at radius 2 is 1.64 bits per heavy atom. The molecule has 0 aliphatic carbocycles. The molecule has 0 aliphatic heterocycles. The summed E-state index contributed by atoms with van der Waals surface area (Å²) in [5, 5.41) is 0. The largest absolute Gasteiger partial charge is 0.481 e. The number of hydrogen-bond donors (Lipinski definition) is 1. The van der Waals surface area contributed by atoms with E-state index in [4.69, 9.17) is 21.1 Å². The number of hydrogen-bond acceptors (Lipinski definition) is 7. The topological polar surface area (TPSA) is 107 Å². The molecule has 2 rings (SSSR count). The summed E-state index contributed by atoms with van der Waals surface area (Å²) in [6.45, 7) is 0. The number of nitrogens with zero attached hydrogens (tertiary/aromatic N) is 2. The minimum absolute atomic E-state index is 0.106. The molecule has 1 N–H and O–H groups in total. The van der Waals surface area contributed by atoms with Gasteiger partial charge in [-0.05, 0) is 5.56 Å². The van der Waals surface area contributed by atoms with Gasteiger partial charge in [-0.2, -0.15) is 9.97 Å². The molecular weight excluding hydrogens is 370 g/mol. The lowest BCUT2D eigenvalue weighted by atomic mass is 9.96. The number of aromatic nitrogens is 2. The van der Waals surface area contributed by atoms with Crippen LogP contribution in [0.25, 0.3) is 0 Å². The van der Waals surface area contributed by atoms with E-state index in [1.54, 1.807) is 30.3 Å². The number of methoxy groups -OCH3 is 2. The Bertz CT molecular complexity index is 854. The summed E-state index contributed by atoms with van der Waals surface area (Å²) < 4.78 is 35.0. The highest BCUT2D eigenvalue weighted by Crippen LogP contribution is 2.36. The van der Waals surface area contributed by atoms with Crippen molar-refractivity contribution in [2.45, 2.75) is 4.87 Å². The number of benzene rings is 1. The highest BCUT2D eigenvalue weighted by atomic mass is 35.5. The highest BCUT2D eigenvalue weighted by Gasteiger charge is 2.45. The lowest BCUT2D eigenvalue weighted by molar-refractivity contribution is -0.121. The first-order valence-corrected chi connectivity index (χ1v) is 9.22. The summed E-state index contributed by atoms with van der Waals surface area (Å²) in [4.78, 5) is 18.9. The molecule has 0 aliphatic rings. The third-order valence-electron chi connectivity index (χ3n) is 3.17. The average molecular weight is 386 g/mol. The molecule has 1 heterocycles. The fourth-order valence-corrected chi connectivity index (χ4v) is 2.84. The van der Waals surface area contributed by atoms with Crippen molar-refractivity contribution in [3.05, 3.63) is 47.8 Å². The maximum atomic E-state index is 12.7. The SMILES string of the molecule is COc1cc(OC)nc(C(Cl)(C(=O)NS(C)(=O)=O)c2ccccc2)n1. The summed E-state index contributed by atoms with van der Waals surface area (Å²) in [5.41, 5.74) is 0.285. The first-order chi connectivity index (χ1) is 11.7. The zero-order chi connectivity index (χ0) is 18.7. The van der Waals surface area contributed by atoms with E-state index >= 15 is 0 Å². The average Bonchev–Trinajstić information content (AvgIpc) is 2.59. The van der Waals surface area contributed by atoms with E-state index in [0.717, 1.165) is 6.26 Å². The van der Waals surface area contributed by atoms with Gasteiger partial charge in [0.25, 0.3) is 5.91 Å². The molecule has 0 saturated heterocycles. The fraction of sp³-hybridized carbons (Fsp3) is 0.267. The quantitative estimate of drug-likeness (QED) is 0.740. The van der Waals surface area contributed by atoms with Crippen molar-refractivity contribution in [1.29, 1.82) is 0 Å². The summed E-state index contributed by atoms with van der Waals surface area (Å²) in [7, 11) is -1.10. The Balaban J connectivity index is 2.70. The van der Waals surface area contributed by atoms with Crippen LogP contribution < -0.4 is 14.2 Å². The Hall–Kier alpha value is -2.39. The molecule has 1 unspecified atom stereocenters. The zero-order valence-electron chi connectivity index (χ0n) is 13.7. The smallest absolute Gasteiger partial charge is 0.267 e. The van der Waals surface area contributed by atoms with Gasteiger partial charge in [-0.15, -0.1) is 0 Å². The van der Waals surface area contributed by atoms with Gasteiger partial charge in [-0.1, -0.05) is 41.9 Å². The van der Waals surface area contributed by atoms with Crippen molar-refractivity contribution in [2.75, 3.05) is 20.5 Å². The lowest BCUT2D eigenvalue weighted by Gasteiger charge is -2.25. The number of sulfonamides is 1. The number of rotatable bonds is 6. The standard InChI is InChI=1S/C15H16ClN3O5S/c1-23-11-9-12(24-2)18-13(17-11)15(16,10-7-5-4-6-8-10)14(20)19-25(3,21)22/h4-9H,1-3H3,(H,19,20). The molecule has 0 spiro atoms. The molecule has 0 saturated carbocycles. The summed E-state index contributed by atoms with van der Waals surface area (Å²) in [6, 6.07) is 9.55. The Kier molecular flexibility index (Phi) is 5.48. The number of carbonyl (C=O) groups excluding carboxylic acids is 1. The fourth-order valence-electron chi connectivity index (χ4n) is 2.04. The summed E-state index contributed by atoms with van der Waals surface area (Å²) >= 11 is 6.59. The van der Waals surface area contributed by atoms with Gasteiger partial charge in [0.1, 0.15) is 0 Å². The second-order valence-corrected chi connectivity index (χ2v) is 7.32. The molecule has 1 aromatic carbocycles. The van der Waals surface area contributed by atoms with Crippen LogP contribution in [0.15, 0.2) is 36.4 Å². The monoisotopic (exact) mass is 385 g/mol. The van der Waals surface area contributed by atoms with Gasteiger partial charge in [0.15, 0.2) is 5.82 Å². The van der Waals surface area contributed by atoms with Crippen molar-refractivity contribution in [1.82, 2.24) is 14.7 Å². The molecule has 134 valence electrons. The highest BCUT2D eigenvalue weighted by molar-refractivity contribution is 7.89. The van der Waals surface area contributed by atoms with Gasteiger partial charge in [-0.25, -0.2) is 8.42 Å². The molecule has 0 fully saturated rings. The van der Waals surface area contributed by atoms with Gasteiger partial charge >= 0.3 is 0 Å². The van der Waals surface area contributed by atoms with Crippen LogP contribution in [-0.4, -0.2) is 44.8 Å². The molecule has 1 amide bonds. The molecule has 10 heteroatoms. The normalized spacial score (nSPS) is 13.6. The van der Waals surface area contributed by atoms with Crippen LogP contribution in [0.5, 0.6) is 11.8 Å². The molecule has 1 aromatic heterocycles. The second-order valence-electron chi connectivity index (χ2n) is 5.00. The van der Waals surface area contributed by atoms with Gasteiger partial charge in [0, 0.05) is 0 Å². The Labute approximate surface area is 150 Å². The number of carbonyl (C=O) groups is 1. The third-order valence-corrected chi connectivity index (χ3v) is 4.28. The molecule has 1 atom stereocenters. The predicted octanol–water partition coefficient (Wildman–Crippen LogP) is 1.05. The molecule has 0 bridgehead atoms.